The molecule has 1 spiro atoms. The lowest BCUT2D eigenvalue weighted by atomic mass is 9.45. The molecule has 6 aliphatic rings. The number of hydrogen-bond acceptors (Lipinski definition) is 6. The first kappa shape index (κ1) is 15.8. The lowest BCUT2D eigenvalue weighted by molar-refractivity contribution is -0.186. The number of carbonyl (C=O) groups is 2. The van der Waals surface area contributed by atoms with E-state index in [9.17, 15) is 14.7 Å². The Morgan fingerprint density at radius 3 is 2.69 bits per heavy atom. The van der Waals surface area contributed by atoms with E-state index in [1.165, 1.54) is 0 Å². The van der Waals surface area contributed by atoms with Gasteiger partial charge in [-0.1, -0.05) is 20.8 Å². The molecule has 1 N–H and O–H groups in total. The Hall–Kier alpha value is -1.24. The number of hydrogen-bond donors (Lipinski definition) is 1. The summed E-state index contributed by atoms with van der Waals surface area (Å²) in [7, 11) is 0. The Balaban J connectivity index is 1.49. The van der Waals surface area contributed by atoms with Gasteiger partial charge in [0, 0.05) is 17.4 Å². The summed E-state index contributed by atoms with van der Waals surface area (Å²) in [6.45, 7) is 6.39. The molecule has 0 radical (unpaired) electrons. The van der Waals surface area contributed by atoms with Gasteiger partial charge in [-0.15, -0.1) is 0 Å². The third-order valence-electron chi connectivity index (χ3n) is 8.60. The van der Waals surface area contributed by atoms with Crippen LogP contribution in [0.3, 0.4) is 0 Å². The van der Waals surface area contributed by atoms with Gasteiger partial charge >= 0.3 is 5.97 Å². The van der Waals surface area contributed by atoms with Gasteiger partial charge in [0.1, 0.15) is 12.2 Å². The zero-order valence-corrected chi connectivity index (χ0v) is 15.3. The van der Waals surface area contributed by atoms with Crippen LogP contribution in [0.1, 0.15) is 46.5 Å². The van der Waals surface area contributed by atoms with Gasteiger partial charge in [0.15, 0.2) is 11.2 Å². The summed E-state index contributed by atoms with van der Waals surface area (Å²) in [5.74, 6) is -0.189. The SMILES string of the molecule is CC(C)[C@]12O[C@H]1C[C@]1(O)[C@@]3(C)CCC4=C(COC4=O)[C@H]3C[C@@H]3O[C@@]31C2=O. The van der Waals surface area contributed by atoms with Crippen LogP contribution >= 0.6 is 0 Å². The van der Waals surface area contributed by atoms with E-state index in [4.69, 9.17) is 14.2 Å². The van der Waals surface area contributed by atoms with Crippen LogP contribution < -0.4 is 0 Å². The molecule has 0 amide bonds. The van der Waals surface area contributed by atoms with Crippen molar-refractivity contribution in [2.24, 2.45) is 17.3 Å². The highest BCUT2D eigenvalue weighted by atomic mass is 16.7. The first-order chi connectivity index (χ1) is 12.2. The fraction of sp³-hybridized carbons (Fsp3) is 0.800. The highest BCUT2D eigenvalue weighted by molar-refractivity contribution is 6.03. The van der Waals surface area contributed by atoms with E-state index in [1.54, 1.807) is 0 Å². The van der Waals surface area contributed by atoms with E-state index >= 15 is 0 Å². The molecule has 26 heavy (non-hydrogen) atoms. The van der Waals surface area contributed by atoms with Crippen LogP contribution in [0.25, 0.3) is 0 Å². The summed E-state index contributed by atoms with van der Waals surface area (Å²) >= 11 is 0. The van der Waals surface area contributed by atoms with Crippen LogP contribution in [-0.2, 0) is 23.8 Å². The Labute approximate surface area is 151 Å². The minimum Gasteiger partial charge on any atom is -0.458 e. The zero-order chi connectivity index (χ0) is 18.3. The quantitative estimate of drug-likeness (QED) is 0.560. The van der Waals surface area contributed by atoms with Crippen molar-refractivity contribution in [3.05, 3.63) is 11.1 Å². The maximum absolute atomic E-state index is 13.5. The van der Waals surface area contributed by atoms with Gasteiger partial charge in [-0.2, -0.15) is 0 Å². The largest absolute Gasteiger partial charge is 0.458 e. The van der Waals surface area contributed by atoms with Crippen molar-refractivity contribution in [3.63, 3.8) is 0 Å². The smallest absolute Gasteiger partial charge is 0.334 e. The van der Waals surface area contributed by atoms with E-state index in [-0.39, 0.29) is 35.8 Å². The van der Waals surface area contributed by atoms with Gasteiger partial charge in [0.25, 0.3) is 0 Å². The highest BCUT2D eigenvalue weighted by Gasteiger charge is 2.91. The summed E-state index contributed by atoms with van der Waals surface area (Å²) in [5, 5.41) is 12.0. The number of ketones is 1. The second-order valence-corrected chi connectivity index (χ2v) is 9.58. The zero-order valence-electron chi connectivity index (χ0n) is 15.3. The van der Waals surface area contributed by atoms with Crippen molar-refractivity contribution in [3.8, 4) is 0 Å². The Morgan fingerprint density at radius 1 is 1.19 bits per heavy atom. The summed E-state index contributed by atoms with van der Waals surface area (Å²) in [5.41, 5.74) is -1.88. The summed E-state index contributed by atoms with van der Waals surface area (Å²) in [6.07, 6.45) is 1.83. The molecule has 4 fully saturated rings. The van der Waals surface area contributed by atoms with Gasteiger partial charge in [-0.25, -0.2) is 4.79 Å². The van der Waals surface area contributed by atoms with Crippen LogP contribution in [0.15, 0.2) is 11.1 Å². The molecule has 2 saturated heterocycles. The van der Waals surface area contributed by atoms with Gasteiger partial charge in [0.05, 0.1) is 12.2 Å². The van der Waals surface area contributed by atoms with Crippen molar-refractivity contribution in [1.29, 1.82) is 0 Å². The van der Waals surface area contributed by atoms with Crippen LogP contribution in [0.2, 0.25) is 0 Å². The number of fused-ring (bicyclic) bond motifs is 4. The number of carbonyl (C=O) groups excluding carboxylic acids is 2. The normalized spacial score (nSPS) is 56.3. The third kappa shape index (κ3) is 1.31. The van der Waals surface area contributed by atoms with Gasteiger partial charge in [0.2, 0.25) is 5.78 Å². The number of Topliss-reactive ketones (excluding diaryl/α,β-unsaturated/α-hetero) is 1. The van der Waals surface area contributed by atoms with Gasteiger partial charge in [-0.3, -0.25) is 4.79 Å². The van der Waals surface area contributed by atoms with Crippen molar-refractivity contribution in [1.82, 2.24) is 0 Å². The molecule has 0 aromatic carbocycles. The first-order valence-corrected chi connectivity index (χ1v) is 9.74. The lowest BCUT2D eigenvalue weighted by Gasteiger charge is -2.58. The molecule has 6 nitrogen and oxygen atoms in total. The molecule has 6 rings (SSSR count). The topological polar surface area (TPSA) is 88.7 Å². The molecule has 3 aliphatic carbocycles. The predicted molar refractivity (Wildman–Crippen MR) is 88.1 cm³/mol. The minimum atomic E-state index is -1.26. The number of ether oxygens (including phenoxy) is 3. The second-order valence-electron chi connectivity index (χ2n) is 9.58. The summed E-state index contributed by atoms with van der Waals surface area (Å²) in [4.78, 5) is 25.5. The number of cyclic esters (lactones) is 1. The first-order valence-electron chi connectivity index (χ1n) is 9.74. The van der Waals surface area contributed by atoms with Gasteiger partial charge < -0.3 is 19.3 Å². The molecule has 6 heteroatoms. The molecule has 3 heterocycles. The van der Waals surface area contributed by atoms with E-state index in [0.29, 0.717) is 32.3 Å². The van der Waals surface area contributed by atoms with Crippen molar-refractivity contribution >= 4 is 11.8 Å². The highest BCUT2D eigenvalue weighted by Crippen LogP contribution is 2.74. The van der Waals surface area contributed by atoms with Crippen molar-refractivity contribution in [2.45, 2.75) is 75.5 Å². The van der Waals surface area contributed by atoms with E-state index in [2.05, 4.69) is 6.92 Å². The number of aliphatic hydroxyl groups is 1. The summed E-state index contributed by atoms with van der Waals surface area (Å²) in [6, 6.07) is 0. The van der Waals surface area contributed by atoms with E-state index < -0.39 is 22.2 Å². The number of epoxide rings is 2. The lowest BCUT2D eigenvalue weighted by Crippen LogP contribution is -2.72. The number of rotatable bonds is 1. The van der Waals surface area contributed by atoms with Crippen LogP contribution in [0, 0.1) is 17.3 Å². The van der Waals surface area contributed by atoms with Gasteiger partial charge in [-0.05, 0) is 36.7 Å². The molecule has 0 aromatic rings. The molecule has 0 unspecified atom stereocenters. The molecule has 0 aromatic heterocycles. The average Bonchev–Trinajstić information content (AvgIpc) is 3.45. The molecule has 0 bridgehead atoms. The predicted octanol–water partition coefficient (Wildman–Crippen LogP) is 1.29. The van der Waals surface area contributed by atoms with E-state index in [1.807, 2.05) is 13.8 Å². The number of esters is 1. The monoisotopic (exact) mass is 360 g/mol. The fourth-order valence-electron chi connectivity index (χ4n) is 6.96. The Bertz CT molecular complexity index is 815. The Kier molecular flexibility index (Phi) is 2.49. The third-order valence-corrected chi connectivity index (χ3v) is 8.60. The maximum atomic E-state index is 13.5. The van der Waals surface area contributed by atoms with E-state index in [0.717, 1.165) is 11.1 Å². The molecule has 7 atom stereocenters. The second kappa shape index (κ2) is 4.10. The molecule has 3 aliphatic heterocycles. The van der Waals surface area contributed by atoms with Crippen molar-refractivity contribution in [2.75, 3.05) is 6.61 Å². The van der Waals surface area contributed by atoms with Crippen LogP contribution in [-0.4, -0.2) is 52.5 Å². The molecule has 140 valence electrons. The standard InChI is InChI=1S/C20H24O6/c1-9(2)19-14(25-19)7-18(23)17(3)5-4-10-11(8-24-15(10)21)12(17)6-13-20(18,26-13)16(19)22/h9,12-14,23H,4-8H2,1-3H3/t12-,13+,14+,17+,18+,19+,20-/m1/s1. The van der Waals surface area contributed by atoms with Crippen LogP contribution in [0.4, 0.5) is 0 Å². The Morgan fingerprint density at radius 2 is 1.96 bits per heavy atom. The van der Waals surface area contributed by atoms with Crippen molar-refractivity contribution < 1.29 is 28.9 Å². The molecular weight excluding hydrogens is 336 g/mol. The minimum absolute atomic E-state index is 0.0152. The average molecular weight is 360 g/mol. The molecular formula is C20H24O6. The maximum Gasteiger partial charge on any atom is 0.334 e. The molecule has 2 saturated carbocycles. The fourth-order valence-corrected chi connectivity index (χ4v) is 6.96. The summed E-state index contributed by atoms with van der Waals surface area (Å²) < 4.78 is 17.3. The van der Waals surface area contributed by atoms with Crippen LogP contribution in [0.5, 0.6) is 0 Å².